The summed E-state index contributed by atoms with van der Waals surface area (Å²) in [6, 6.07) is 6.61. The maximum Gasteiger partial charge on any atom is 0.240 e. The van der Waals surface area contributed by atoms with Gasteiger partial charge in [0.05, 0.1) is 4.90 Å². The zero-order chi connectivity index (χ0) is 16.4. The normalized spacial score (nSPS) is 22.2. The number of oxazole rings is 1. The standard InChI is InChI=1S/C16H21N3O3S/c1-11-7-8-17-9-15(11)19-23(20,21)14-5-3-13(4-6-14)16-10-22-12(2)18-16/h3-6,10-11,15,17,19H,7-9H2,1-2H3. The number of hydrogen-bond acceptors (Lipinski definition) is 5. The molecule has 2 aromatic rings. The van der Waals surface area contributed by atoms with Crippen molar-refractivity contribution >= 4 is 10.0 Å². The van der Waals surface area contributed by atoms with Gasteiger partial charge in [-0.2, -0.15) is 0 Å². The van der Waals surface area contributed by atoms with Gasteiger partial charge in [0.1, 0.15) is 12.0 Å². The number of hydrogen-bond donors (Lipinski definition) is 2. The highest BCUT2D eigenvalue weighted by Crippen LogP contribution is 2.21. The van der Waals surface area contributed by atoms with Crippen LogP contribution in [0.25, 0.3) is 11.3 Å². The molecule has 2 N–H and O–H groups in total. The number of aryl methyl sites for hydroxylation is 1. The third-order valence-electron chi connectivity index (χ3n) is 4.21. The van der Waals surface area contributed by atoms with Crippen LogP contribution >= 0.6 is 0 Å². The van der Waals surface area contributed by atoms with Crippen LogP contribution in [-0.2, 0) is 10.0 Å². The first kappa shape index (κ1) is 16.2. The number of aromatic nitrogens is 1. The van der Waals surface area contributed by atoms with E-state index in [9.17, 15) is 8.42 Å². The van der Waals surface area contributed by atoms with E-state index in [-0.39, 0.29) is 10.9 Å². The second kappa shape index (κ2) is 6.43. The predicted octanol–water partition coefficient (Wildman–Crippen LogP) is 1.93. The van der Waals surface area contributed by atoms with Gasteiger partial charge in [-0.1, -0.05) is 19.1 Å². The van der Waals surface area contributed by atoms with Crippen LogP contribution in [0.15, 0.2) is 39.8 Å². The lowest BCUT2D eigenvalue weighted by Gasteiger charge is -2.29. The fraction of sp³-hybridized carbons (Fsp3) is 0.438. The molecule has 1 saturated heterocycles. The molecule has 0 spiro atoms. The maximum absolute atomic E-state index is 12.5. The van der Waals surface area contributed by atoms with Gasteiger partial charge in [0, 0.05) is 25.1 Å². The Labute approximate surface area is 136 Å². The Morgan fingerprint density at radius 3 is 2.65 bits per heavy atom. The van der Waals surface area contributed by atoms with Crippen LogP contribution < -0.4 is 10.0 Å². The van der Waals surface area contributed by atoms with Gasteiger partial charge in [0.25, 0.3) is 0 Å². The van der Waals surface area contributed by atoms with Gasteiger partial charge in [0.15, 0.2) is 5.89 Å². The molecule has 3 rings (SSSR count). The number of sulfonamides is 1. The molecule has 0 bridgehead atoms. The van der Waals surface area contributed by atoms with Crippen molar-refractivity contribution in [3.05, 3.63) is 36.4 Å². The van der Waals surface area contributed by atoms with E-state index in [1.807, 2.05) is 0 Å². The van der Waals surface area contributed by atoms with Crippen LogP contribution in [0, 0.1) is 12.8 Å². The topological polar surface area (TPSA) is 84.2 Å². The molecule has 1 aliphatic heterocycles. The van der Waals surface area contributed by atoms with Crippen molar-refractivity contribution in [2.45, 2.75) is 31.2 Å². The lowest BCUT2D eigenvalue weighted by atomic mass is 9.96. The molecule has 1 aromatic carbocycles. The Kier molecular flexibility index (Phi) is 4.52. The average Bonchev–Trinajstić information content (AvgIpc) is 2.96. The second-order valence-corrected chi connectivity index (χ2v) is 7.69. The molecule has 1 aliphatic rings. The van der Waals surface area contributed by atoms with E-state index >= 15 is 0 Å². The van der Waals surface area contributed by atoms with Crippen LogP contribution in [-0.4, -0.2) is 32.5 Å². The highest BCUT2D eigenvalue weighted by molar-refractivity contribution is 7.89. The quantitative estimate of drug-likeness (QED) is 0.892. The van der Waals surface area contributed by atoms with Gasteiger partial charge in [-0.15, -0.1) is 0 Å². The van der Waals surface area contributed by atoms with Crippen LogP contribution in [0.1, 0.15) is 19.2 Å². The minimum atomic E-state index is -3.52. The molecule has 124 valence electrons. The summed E-state index contributed by atoms with van der Waals surface area (Å²) in [5, 5.41) is 3.23. The van der Waals surface area contributed by atoms with Crippen molar-refractivity contribution < 1.29 is 12.8 Å². The van der Waals surface area contributed by atoms with Gasteiger partial charge in [-0.05, 0) is 31.0 Å². The molecule has 2 unspecified atom stereocenters. The molecule has 2 heterocycles. The summed E-state index contributed by atoms with van der Waals surface area (Å²) in [7, 11) is -3.52. The summed E-state index contributed by atoms with van der Waals surface area (Å²) >= 11 is 0. The zero-order valence-corrected chi connectivity index (χ0v) is 14.1. The molecule has 0 aliphatic carbocycles. The van der Waals surface area contributed by atoms with Crippen LogP contribution in [0.4, 0.5) is 0 Å². The molecule has 1 aromatic heterocycles. The molecule has 6 nitrogen and oxygen atoms in total. The van der Waals surface area contributed by atoms with Crippen LogP contribution in [0.3, 0.4) is 0 Å². The van der Waals surface area contributed by atoms with E-state index in [4.69, 9.17) is 4.42 Å². The Morgan fingerprint density at radius 2 is 2.04 bits per heavy atom. The number of benzene rings is 1. The summed E-state index contributed by atoms with van der Waals surface area (Å²) in [6.45, 7) is 5.44. The fourth-order valence-electron chi connectivity index (χ4n) is 2.72. The first-order chi connectivity index (χ1) is 11.0. The smallest absolute Gasteiger partial charge is 0.240 e. The Balaban J connectivity index is 1.77. The van der Waals surface area contributed by atoms with E-state index < -0.39 is 10.0 Å². The third kappa shape index (κ3) is 3.63. The third-order valence-corrected chi connectivity index (χ3v) is 5.72. The Hall–Kier alpha value is -1.70. The summed E-state index contributed by atoms with van der Waals surface area (Å²) in [5.41, 5.74) is 1.53. The lowest BCUT2D eigenvalue weighted by Crippen LogP contribution is -2.50. The highest BCUT2D eigenvalue weighted by atomic mass is 32.2. The van der Waals surface area contributed by atoms with Crippen molar-refractivity contribution in [2.75, 3.05) is 13.1 Å². The van der Waals surface area contributed by atoms with Gasteiger partial charge < -0.3 is 9.73 Å². The highest BCUT2D eigenvalue weighted by Gasteiger charge is 2.26. The van der Waals surface area contributed by atoms with E-state index in [0.29, 0.717) is 24.0 Å². The Bertz CT molecular complexity index is 768. The maximum atomic E-state index is 12.5. The van der Waals surface area contributed by atoms with Crippen molar-refractivity contribution in [1.29, 1.82) is 0 Å². The SMILES string of the molecule is Cc1nc(-c2ccc(S(=O)(=O)NC3CNCCC3C)cc2)co1. The van der Waals surface area contributed by atoms with Gasteiger partial charge in [-0.3, -0.25) is 0 Å². The minimum absolute atomic E-state index is 0.0772. The van der Waals surface area contributed by atoms with Crippen molar-refractivity contribution in [1.82, 2.24) is 15.0 Å². The molecule has 0 amide bonds. The molecule has 1 fully saturated rings. The van der Waals surface area contributed by atoms with E-state index in [1.165, 1.54) is 0 Å². The molecule has 23 heavy (non-hydrogen) atoms. The first-order valence-electron chi connectivity index (χ1n) is 7.71. The van der Waals surface area contributed by atoms with Crippen LogP contribution in [0.2, 0.25) is 0 Å². The van der Waals surface area contributed by atoms with Crippen molar-refractivity contribution in [3.63, 3.8) is 0 Å². The van der Waals surface area contributed by atoms with Gasteiger partial charge in [-0.25, -0.2) is 18.1 Å². The van der Waals surface area contributed by atoms with E-state index in [2.05, 4.69) is 21.9 Å². The Morgan fingerprint density at radius 1 is 1.30 bits per heavy atom. The van der Waals surface area contributed by atoms with Crippen molar-refractivity contribution in [2.24, 2.45) is 5.92 Å². The summed E-state index contributed by atoms with van der Waals surface area (Å²) < 4.78 is 33.0. The summed E-state index contributed by atoms with van der Waals surface area (Å²) in [5.74, 6) is 0.903. The molecule has 7 heteroatoms. The zero-order valence-electron chi connectivity index (χ0n) is 13.2. The average molecular weight is 335 g/mol. The molecule has 0 radical (unpaired) electrons. The predicted molar refractivity (Wildman–Crippen MR) is 87.4 cm³/mol. The largest absolute Gasteiger partial charge is 0.449 e. The number of rotatable bonds is 4. The summed E-state index contributed by atoms with van der Waals surface area (Å²) in [4.78, 5) is 4.50. The molecular weight excluding hydrogens is 314 g/mol. The van der Waals surface area contributed by atoms with E-state index in [0.717, 1.165) is 18.5 Å². The first-order valence-corrected chi connectivity index (χ1v) is 9.19. The van der Waals surface area contributed by atoms with Gasteiger partial charge >= 0.3 is 0 Å². The van der Waals surface area contributed by atoms with Crippen molar-refractivity contribution in [3.8, 4) is 11.3 Å². The number of nitrogens with one attached hydrogen (secondary N) is 2. The number of nitrogens with zero attached hydrogens (tertiary/aromatic N) is 1. The second-order valence-electron chi connectivity index (χ2n) is 5.97. The summed E-state index contributed by atoms with van der Waals surface area (Å²) in [6.07, 6.45) is 2.53. The van der Waals surface area contributed by atoms with Gasteiger partial charge in [0.2, 0.25) is 10.0 Å². The molecule has 0 saturated carbocycles. The lowest BCUT2D eigenvalue weighted by molar-refractivity contribution is 0.327. The molecule has 2 atom stereocenters. The minimum Gasteiger partial charge on any atom is -0.449 e. The monoisotopic (exact) mass is 335 g/mol. The number of piperidine rings is 1. The van der Waals surface area contributed by atoms with E-state index in [1.54, 1.807) is 37.5 Å². The molecular formula is C16H21N3O3S. The van der Waals surface area contributed by atoms with Crippen LogP contribution in [0.5, 0.6) is 0 Å². The fourth-order valence-corrected chi connectivity index (χ4v) is 4.06.